The van der Waals surface area contributed by atoms with Gasteiger partial charge in [-0.1, -0.05) is 60.7 Å². The quantitative estimate of drug-likeness (QED) is 0.546. The van der Waals surface area contributed by atoms with Crippen molar-refractivity contribution in [2.24, 2.45) is 0 Å². The third kappa shape index (κ3) is 4.11. The second-order valence-electron chi connectivity index (χ2n) is 5.52. The van der Waals surface area contributed by atoms with Crippen LogP contribution in [-0.2, 0) is 6.42 Å². The average Bonchev–Trinajstić information content (AvgIpc) is 3.13. The fraction of sp³-hybridized carbons (Fsp3) is 0.105. The topological polar surface area (TPSA) is 85.4 Å². The number of carbonyl (C=O) groups excluding carboxylic acids is 1. The van der Waals surface area contributed by atoms with Gasteiger partial charge in [0.05, 0.1) is 12.1 Å². The van der Waals surface area contributed by atoms with Crippen LogP contribution in [0.5, 0.6) is 0 Å². The lowest BCUT2D eigenvalue weighted by molar-refractivity contribution is -0.402. The van der Waals surface area contributed by atoms with Crippen LogP contribution < -0.4 is 5.32 Å². The van der Waals surface area contributed by atoms with E-state index in [1.165, 1.54) is 12.1 Å². The molecule has 2 aromatic carbocycles. The van der Waals surface area contributed by atoms with Gasteiger partial charge in [-0.05, 0) is 23.6 Å². The van der Waals surface area contributed by atoms with E-state index in [4.69, 9.17) is 4.42 Å². The number of nitrogens with one attached hydrogen (secondary N) is 1. The van der Waals surface area contributed by atoms with Gasteiger partial charge < -0.3 is 9.73 Å². The predicted molar refractivity (Wildman–Crippen MR) is 92.2 cm³/mol. The zero-order valence-electron chi connectivity index (χ0n) is 13.3. The maximum absolute atomic E-state index is 12.4. The Labute approximate surface area is 144 Å². The molecule has 3 rings (SSSR count). The lowest BCUT2D eigenvalue weighted by Gasteiger charge is -2.19. The molecule has 1 N–H and O–H groups in total. The first kappa shape index (κ1) is 16.4. The van der Waals surface area contributed by atoms with Gasteiger partial charge in [-0.3, -0.25) is 14.9 Å². The lowest BCUT2D eigenvalue weighted by Crippen LogP contribution is -2.29. The van der Waals surface area contributed by atoms with Crippen molar-refractivity contribution in [1.82, 2.24) is 5.32 Å². The number of hydrogen-bond donors (Lipinski definition) is 1. The van der Waals surface area contributed by atoms with Crippen molar-refractivity contribution in [2.75, 3.05) is 0 Å². The largest absolute Gasteiger partial charge is 0.433 e. The van der Waals surface area contributed by atoms with E-state index in [9.17, 15) is 14.9 Å². The maximum atomic E-state index is 12.4. The molecular formula is C19H16N2O4. The molecule has 0 spiro atoms. The number of rotatable bonds is 6. The normalized spacial score (nSPS) is 11.7. The summed E-state index contributed by atoms with van der Waals surface area (Å²) in [5, 5.41) is 13.6. The molecule has 1 aromatic heterocycles. The highest BCUT2D eigenvalue weighted by molar-refractivity contribution is 5.92. The molecule has 0 bridgehead atoms. The van der Waals surface area contributed by atoms with Crippen LogP contribution in [0, 0.1) is 10.1 Å². The summed E-state index contributed by atoms with van der Waals surface area (Å²) in [6, 6.07) is 21.5. The minimum absolute atomic E-state index is 0.0827. The molecule has 1 heterocycles. The summed E-state index contributed by atoms with van der Waals surface area (Å²) >= 11 is 0. The Morgan fingerprint density at radius 3 is 2.24 bits per heavy atom. The Hall–Kier alpha value is -3.41. The van der Waals surface area contributed by atoms with Crippen molar-refractivity contribution in [3.8, 4) is 0 Å². The molecule has 6 heteroatoms. The van der Waals surface area contributed by atoms with Crippen LogP contribution in [0.1, 0.15) is 27.7 Å². The minimum atomic E-state index is -0.671. The van der Waals surface area contributed by atoms with Crippen LogP contribution in [0.4, 0.5) is 5.88 Å². The molecule has 1 amide bonds. The molecule has 0 radical (unpaired) electrons. The summed E-state index contributed by atoms with van der Waals surface area (Å²) < 4.78 is 4.98. The molecule has 0 saturated heterocycles. The van der Waals surface area contributed by atoms with Crippen LogP contribution in [0.25, 0.3) is 0 Å². The Morgan fingerprint density at radius 1 is 1.00 bits per heavy atom. The van der Waals surface area contributed by atoms with Crippen molar-refractivity contribution in [2.45, 2.75) is 12.5 Å². The number of furan rings is 1. The smallest absolute Gasteiger partial charge is 0.395 e. The molecule has 0 aliphatic heterocycles. The Morgan fingerprint density at radius 2 is 1.64 bits per heavy atom. The molecule has 3 aromatic rings. The minimum Gasteiger partial charge on any atom is -0.395 e. The lowest BCUT2D eigenvalue weighted by atomic mass is 9.99. The first-order valence-electron chi connectivity index (χ1n) is 7.77. The van der Waals surface area contributed by atoms with Gasteiger partial charge in [0.15, 0.2) is 5.76 Å². The highest BCUT2D eigenvalue weighted by Crippen LogP contribution is 2.21. The first-order valence-corrected chi connectivity index (χ1v) is 7.77. The number of carbonyl (C=O) groups is 1. The third-order valence-electron chi connectivity index (χ3n) is 3.79. The van der Waals surface area contributed by atoms with Gasteiger partial charge in [0.25, 0.3) is 5.91 Å². The van der Waals surface area contributed by atoms with Crippen molar-refractivity contribution >= 4 is 11.8 Å². The van der Waals surface area contributed by atoms with Crippen LogP contribution >= 0.6 is 0 Å². The fourth-order valence-corrected chi connectivity index (χ4v) is 2.56. The predicted octanol–water partition coefficient (Wildman–Crippen LogP) is 3.90. The highest BCUT2D eigenvalue weighted by atomic mass is 16.6. The van der Waals surface area contributed by atoms with Gasteiger partial charge in [0.1, 0.15) is 4.92 Å². The molecule has 25 heavy (non-hydrogen) atoms. The van der Waals surface area contributed by atoms with Gasteiger partial charge in [-0.25, -0.2) is 0 Å². The molecule has 126 valence electrons. The van der Waals surface area contributed by atoms with E-state index in [-0.39, 0.29) is 11.8 Å². The molecular weight excluding hydrogens is 320 g/mol. The monoisotopic (exact) mass is 336 g/mol. The van der Waals surface area contributed by atoms with Crippen LogP contribution in [0.2, 0.25) is 0 Å². The van der Waals surface area contributed by atoms with Gasteiger partial charge in [-0.15, -0.1) is 0 Å². The summed E-state index contributed by atoms with van der Waals surface area (Å²) in [7, 11) is 0. The molecule has 1 atom stereocenters. The Bertz CT molecular complexity index is 859. The second-order valence-corrected chi connectivity index (χ2v) is 5.52. The van der Waals surface area contributed by atoms with Crippen molar-refractivity contribution in [3.63, 3.8) is 0 Å². The van der Waals surface area contributed by atoms with Gasteiger partial charge in [0.2, 0.25) is 0 Å². The molecule has 0 aliphatic carbocycles. The van der Waals surface area contributed by atoms with E-state index in [0.717, 1.165) is 11.1 Å². The molecule has 0 unspecified atom stereocenters. The SMILES string of the molecule is O=C(N[C@H](Cc1ccccc1)c1ccccc1)c1ccc([N+](=O)[O-])o1. The standard InChI is InChI=1S/C19H16N2O4/c22-19(17-11-12-18(25-17)21(23)24)20-16(15-9-5-2-6-10-15)13-14-7-3-1-4-8-14/h1-12,16H,13H2,(H,20,22)/t16-/m1/s1. The second kappa shape index (κ2) is 7.44. The zero-order valence-corrected chi connectivity index (χ0v) is 13.3. The Kier molecular flexibility index (Phi) is 4.89. The zero-order chi connectivity index (χ0) is 17.6. The van der Waals surface area contributed by atoms with E-state index >= 15 is 0 Å². The van der Waals surface area contributed by atoms with Crippen molar-refractivity contribution < 1.29 is 14.1 Å². The summed E-state index contributed by atoms with van der Waals surface area (Å²) in [6.45, 7) is 0. The van der Waals surface area contributed by atoms with E-state index < -0.39 is 16.7 Å². The van der Waals surface area contributed by atoms with E-state index in [1.807, 2.05) is 60.7 Å². The summed E-state index contributed by atoms with van der Waals surface area (Å²) in [5.74, 6) is -1.02. The summed E-state index contributed by atoms with van der Waals surface area (Å²) in [4.78, 5) is 22.5. The molecule has 0 fully saturated rings. The molecule has 0 aliphatic rings. The number of benzene rings is 2. The van der Waals surface area contributed by atoms with Gasteiger partial charge >= 0.3 is 5.88 Å². The van der Waals surface area contributed by atoms with Crippen LogP contribution in [-0.4, -0.2) is 10.8 Å². The molecule has 0 saturated carbocycles. The van der Waals surface area contributed by atoms with Crippen molar-refractivity contribution in [1.29, 1.82) is 0 Å². The van der Waals surface area contributed by atoms with E-state index in [0.29, 0.717) is 6.42 Å². The van der Waals surface area contributed by atoms with Gasteiger partial charge in [-0.2, -0.15) is 0 Å². The maximum Gasteiger partial charge on any atom is 0.433 e. The first-order chi connectivity index (χ1) is 12.1. The van der Waals surface area contributed by atoms with E-state index in [2.05, 4.69) is 5.32 Å². The number of amides is 1. The molecule has 6 nitrogen and oxygen atoms in total. The third-order valence-corrected chi connectivity index (χ3v) is 3.79. The fourth-order valence-electron chi connectivity index (χ4n) is 2.56. The average molecular weight is 336 g/mol. The van der Waals surface area contributed by atoms with Crippen LogP contribution in [0.3, 0.4) is 0 Å². The summed E-state index contributed by atoms with van der Waals surface area (Å²) in [5.41, 5.74) is 2.02. The number of hydrogen-bond acceptors (Lipinski definition) is 4. The highest BCUT2D eigenvalue weighted by Gasteiger charge is 2.21. The Balaban J connectivity index is 1.81. The summed E-state index contributed by atoms with van der Waals surface area (Å²) in [6.07, 6.45) is 0.597. The number of nitrogens with zero attached hydrogens (tertiary/aromatic N) is 1. The number of nitro groups is 1. The van der Waals surface area contributed by atoms with Crippen LogP contribution in [0.15, 0.2) is 77.2 Å². The van der Waals surface area contributed by atoms with E-state index in [1.54, 1.807) is 0 Å². The van der Waals surface area contributed by atoms with Gasteiger partial charge in [0, 0.05) is 0 Å². The van der Waals surface area contributed by atoms with Crippen molar-refractivity contribution in [3.05, 3.63) is 99.8 Å².